The summed E-state index contributed by atoms with van der Waals surface area (Å²) < 4.78 is 10.8. The summed E-state index contributed by atoms with van der Waals surface area (Å²) in [5.41, 5.74) is 0. The highest BCUT2D eigenvalue weighted by molar-refractivity contribution is 6.21. The molecular weight excluding hydrogens is 274 g/mol. The molecule has 0 heterocycles. The Hall–Kier alpha value is -0.930. The molecule has 1 aliphatic rings. The van der Waals surface area contributed by atoms with E-state index in [1.54, 1.807) is 7.11 Å². The van der Waals surface area contributed by atoms with Gasteiger partial charge in [0.25, 0.3) is 0 Å². The van der Waals surface area contributed by atoms with Gasteiger partial charge in [0.15, 0.2) is 0 Å². The number of benzene rings is 1. The van der Waals surface area contributed by atoms with Crippen LogP contribution in [0.2, 0.25) is 0 Å². The molecule has 2 unspecified atom stereocenters. The van der Waals surface area contributed by atoms with Gasteiger partial charge in [-0.25, -0.2) is 0 Å². The monoisotopic (exact) mass is 297 g/mol. The molecule has 112 valence electrons. The molecule has 1 aliphatic carbocycles. The first-order chi connectivity index (χ1) is 9.79. The van der Waals surface area contributed by atoms with Gasteiger partial charge in [-0.1, -0.05) is 19.3 Å². The van der Waals surface area contributed by atoms with Crippen LogP contribution in [0.4, 0.5) is 0 Å². The third kappa shape index (κ3) is 4.88. The molecule has 20 heavy (non-hydrogen) atoms. The first-order valence-corrected chi connectivity index (χ1v) is 7.87. The quantitative estimate of drug-likeness (QED) is 0.494. The van der Waals surface area contributed by atoms with Crippen molar-refractivity contribution in [2.75, 3.05) is 20.3 Å². The lowest BCUT2D eigenvalue weighted by Crippen LogP contribution is -2.38. The standard InChI is InChI=1S/C16H24ClNO2/c1-19-13-7-9-14(10-8-13)20-12-11-18-16-6-4-2-3-5-15(16)17/h7-10,15-16,18H,2-6,11-12H2,1H3. The third-order valence-electron chi connectivity index (χ3n) is 3.77. The molecule has 2 atom stereocenters. The average Bonchev–Trinajstić information content (AvgIpc) is 2.69. The molecule has 1 aromatic carbocycles. The average molecular weight is 298 g/mol. The summed E-state index contributed by atoms with van der Waals surface area (Å²) in [6.07, 6.45) is 6.15. The van der Waals surface area contributed by atoms with Crippen molar-refractivity contribution in [2.45, 2.75) is 43.5 Å². The molecule has 2 rings (SSSR count). The number of methoxy groups -OCH3 is 1. The van der Waals surface area contributed by atoms with Gasteiger partial charge >= 0.3 is 0 Å². The molecule has 4 heteroatoms. The van der Waals surface area contributed by atoms with E-state index in [9.17, 15) is 0 Å². The third-order valence-corrected chi connectivity index (χ3v) is 4.29. The van der Waals surface area contributed by atoms with E-state index in [2.05, 4.69) is 5.32 Å². The summed E-state index contributed by atoms with van der Waals surface area (Å²) in [5, 5.41) is 3.79. The second-order valence-corrected chi connectivity index (χ2v) is 5.80. The van der Waals surface area contributed by atoms with E-state index in [1.807, 2.05) is 24.3 Å². The number of halogens is 1. The van der Waals surface area contributed by atoms with Gasteiger partial charge in [0.2, 0.25) is 0 Å². The van der Waals surface area contributed by atoms with Gasteiger partial charge < -0.3 is 14.8 Å². The summed E-state index contributed by atoms with van der Waals surface area (Å²) in [6, 6.07) is 8.09. The van der Waals surface area contributed by atoms with Crippen LogP contribution in [0.3, 0.4) is 0 Å². The van der Waals surface area contributed by atoms with Gasteiger partial charge in [-0.05, 0) is 37.1 Å². The zero-order valence-corrected chi connectivity index (χ0v) is 12.9. The Bertz CT molecular complexity index is 383. The molecule has 1 aromatic rings. The summed E-state index contributed by atoms with van der Waals surface area (Å²) in [6.45, 7) is 1.49. The van der Waals surface area contributed by atoms with E-state index in [1.165, 1.54) is 25.7 Å². The molecule has 0 spiro atoms. The van der Waals surface area contributed by atoms with Crippen molar-refractivity contribution >= 4 is 11.6 Å². The minimum atomic E-state index is 0.262. The van der Waals surface area contributed by atoms with Crippen LogP contribution in [0.5, 0.6) is 11.5 Å². The van der Waals surface area contributed by atoms with Crippen molar-refractivity contribution in [3.63, 3.8) is 0 Å². The van der Waals surface area contributed by atoms with Crippen molar-refractivity contribution in [1.29, 1.82) is 0 Å². The van der Waals surface area contributed by atoms with Crippen LogP contribution in [-0.2, 0) is 0 Å². The van der Waals surface area contributed by atoms with E-state index in [-0.39, 0.29) is 5.38 Å². The van der Waals surface area contributed by atoms with Crippen LogP contribution in [0, 0.1) is 0 Å². The normalized spacial score (nSPS) is 23.1. The number of rotatable bonds is 6. The first kappa shape index (κ1) is 15.5. The van der Waals surface area contributed by atoms with Gasteiger partial charge in [0.05, 0.1) is 7.11 Å². The minimum absolute atomic E-state index is 0.262. The summed E-state index contributed by atoms with van der Waals surface area (Å²) >= 11 is 6.40. The highest BCUT2D eigenvalue weighted by Gasteiger charge is 2.20. The lowest BCUT2D eigenvalue weighted by atomic mass is 10.1. The van der Waals surface area contributed by atoms with Crippen molar-refractivity contribution in [3.8, 4) is 11.5 Å². The number of alkyl halides is 1. The lowest BCUT2D eigenvalue weighted by molar-refractivity contribution is 0.300. The second-order valence-electron chi connectivity index (χ2n) is 5.24. The molecule has 0 aromatic heterocycles. The number of nitrogens with one attached hydrogen (secondary N) is 1. The Balaban J connectivity index is 1.67. The van der Waals surface area contributed by atoms with Crippen molar-refractivity contribution in [3.05, 3.63) is 24.3 Å². The van der Waals surface area contributed by atoms with Gasteiger partial charge in [-0.3, -0.25) is 0 Å². The van der Waals surface area contributed by atoms with E-state index < -0.39 is 0 Å². The van der Waals surface area contributed by atoms with Gasteiger partial charge in [0.1, 0.15) is 18.1 Å². The Morgan fingerprint density at radius 2 is 1.80 bits per heavy atom. The molecule has 0 radical (unpaired) electrons. The second kappa shape index (κ2) is 8.38. The molecule has 0 bridgehead atoms. The molecule has 0 saturated heterocycles. The van der Waals surface area contributed by atoms with Crippen LogP contribution in [0.25, 0.3) is 0 Å². The SMILES string of the molecule is COc1ccc(OCCNC2CCCCCC2Cl)cc1. The first-order valence-electron chi connectivity index (χ1n) is 7.44. The van der Waals surface area contributed by atoms with Gasteiger partial charge in [-0.15, -0.1) is 11.6 Å². The molecule has 0 aliphatic heterocycles. The van der Waals surface area contributed by atoms with E-state index in [0.29, 0.717) is 12.6 Å². The van der Waals surface area contributed by atoms with Crippen LogP contribution >= 0.6 is 11.6 Å². The Kier molecular flexibility index (Phi) is 6.48. The molecule has 1 N–H and O–H groups in total. The predicted octanol–water partition coefficient (Wildman–Crippen LogP) is 3.60. The fourth-order valence-electron chi connectivity index (χ4n) is 2.58. The van der Waals surface area contributed by atoms with Crippen LogP contribution in [0.1, 0.15) is 32.1 Å². The van der Waals surface area contributed by atoms with Crippen LogP contribution in [-0.4, -0.2) is 31.7 Å². The predicted molar refractivity (Wildman–Crippen MR) is 83.0 cm³/mol. The number of ether oxygens (including phenoxy) is 2. The maximum atomic E-state index is 6.40. The van der Waals surface area contributed by atoms with Crippen molar-refractivity contribution < 1.29 is 9.47 Å². The lowest BCUT2D eigenvalue weighted by Gasteiger charge is -2.21. The van der Waals surface area contributed by atoms with Crippen molar-refractivity contribution in [1.82, 2.24) is 5.32 Å². The van der Waals surface area contributed by atoms with Crippen LogP contribution in [0.15, 0.2) is 24.3 Å². The topological polar surface area (TPSA) is 30.5 Å². The van der Waals surface area contributed by atoms with Crippen molar-refractivity contribution in [2.24, 2.45) is 0 Å². The van der Waals surface area contributed by atoms with E-state index in [4.69, 9.17) is 21.1 Å². The maximum Gasteiger partial charge on any atom is 0.119 e. The van der Waals surface area contributed by atoms with E-state index >= 15 is 0 Å². The zero-order valence-electron chi connectivity index (χ0n) is 12.1. The Labute approximate surface area is 126 Å². The Morgan fingerprint density at radius 3 is 2.55 bits per heavy atom. The largest absolute Gasteiger partial charge is 0.497 e. The molecule has 1 fully saturated rings. The smallest absolute Gasteiger partial charge is 0.119 e. The van der Waals surface area contributed by atoms with Crippen LogP contribution < -0.4 is 14.8 Å². The molecule has 1 saturated carbocycles. The molecular formula is C16H24ClNO2. The highest BCUT2D eigenvalue weighted by atomic mass is 35.5. The fourth-order valence-corrected chi connectivity index (χ4v) is 2.95. The summed E-state index contributed by atoms with van der Waals surface area (Å²) in [5.74, 6) is 1.72. The van der Waals surface area contributed by atoms with E-state index in [0.717, 1.165) is 24.5 Å². The summed E-state index contributed by atoms with van der Waals surface area (Å²) in [7, 11) is 1.66. The van der Waals surface area contributed by atoms with Gasteiger partial charge in [0, 0.05) is 18.0 Å². The number of hydrogen-bond acceptors (Lipinski definition) is 3. The van der Waals surface area contributed by atoms with Gasteiger partial charge in [-0.2, -0.15) is 0 Å². The summed E-state index contributed by atoms with van der Waals surface area (Å²) in [4.78, 5) is 0. The fraction of sp³-hybridized carbons (Fsp3) is 0.625. The maximum absolute atomic E-state index is 6.40. The zero-order chi connectivity index (χ0) is 14.2. The molecule has 0 amide bonds. The highest BCUT2D eigenvalue weighted by Crippen LogP contribution is 2.22. The molecule has 3 nitrogen and oxygen atoms in total. The Morgan fingerprint density at radius 1 is 1.10 bits per heavy atom. The number of hydrogen-bond donors (Lipinski definition) is 1. The minimum Gasteiger partial charge on any atom is -0.497 e.